The van der Waals surface area contributed by atoms with Gasteiger partial charge in [0.05, 0.1) is 5.69 Å². The molecule has 110 valence electrons. The number of pyridine rings is 1. The first kappa shape index (κ1) is 14.8. The molecule has 0 aliphatic carbocycles. The molecule has 2 nitrogen and oxygen atoms in total. The lowest BCUT2D eigenvalue weighted by molar-refractivity contribution is 0.0765. The molecule has 1 aromatic heterocycles. The molecule has 1 heterocycles. The molecule has 0 spiro atoms. The number of nitrogens with zero attached hydrogens (tertiary/aromatic N) is 1. The Labute approximate surface area is 135 Å². The lowest BCUT2D eigenvalue weighted by atomic mass is 9.84. The molecule has 0 radical (unpaired) electrons. The molecule has 0 saturated carbocycles. The Bertz CT molecular complexity index is 687. The van der Waals surface area contributed by atoms with Gasteiger partial charge in [0.1, 0.15) is 5.60 Å². The number of hydrogen-bond donors (Lipinski definition) is 1. The van der Waals surface area contributed by atoms with E-state index >= 15 is 0 Å². The van der Waals surface area contributed by atoms with Gasteiger partial charge in [-0.15, -0.1) is 0 Å². The minimum atomic E-state index is -1.17. The topological polar surface area (TPSA) is 33.1 Å². The second-order valence-electron chi connectivity index (χ2n) is 5.24. The maximum atomic E-state index is 11.4. The molecule has 3 heteroatoms. The van der Waals surface area contributed by atoms with E-state index in [2.05, 4.69) is 4.98 Å². The van der Waals surface area contributed by atoms with Gasteiger partial charge in [0.25, 0.3) is 0 Å². The fraction of sp³-hybridized carbons (Fsp3) is 0.105. The van der Waals surface area contributed by atoms with Crippen LogP contribution >= 0.6 is 11.6 Å². The second-order valence-corrected chi connectivity index (χ2v) is 5.68. The maximum absolute atomic E-state index is 11.4. The number of aliphatic hydroxyl groups is 1. The number of hydrogen-bond acceptors (Lipinski definition) is 2. The molecule has 0 amide bonds. The zero-order valence-corrected chi connectivity index (χ0v) is 12.7. The minimum absolute atomic E-state index is 0.436. The van der Waals surface area contributed by atoms with Gasteiger partial charge in [0.2, 0.25) is 0 Å². The van der Waals surface area contributed by atoms with E-state index in [0.29, 0.717) is 17.1 Å². The third-order valence-electron chi connectivity index (χ3n) is 3.71. The Morgan fingerprint density at radius 1 is 0.864 bits per heavy atom. The summed E-state index contributed by atoms with van der Waals surface area (Å²) in [5, 5.41) is 12.1. The lowest BCUT2D eigenvalue weighted by Crippen LogP contribution is -2.31. The second kappa shape index (κ2) is 6.30. The van der Waals surface area contributed by atoms with Gasteiger partial charge in [-0.25, -0.2) is 0 Å². The van der Waals surface area contributed by atoms with Crippen LogP contribution in [0.2, 0.25) is 5.02 Å². The van der Waals surface area contributed by atoms with E-state index < -0.39 is 5.60 Å². The summed E-state index contributed by atoms with van der Waals surface area (Å²) in [6.07, 6.45) is 2.14. The summed E-state index contributed by atoms with van der Waals surface area (Å²) in [5.41, 5.74) is 1.29. The first-order valence-electron chi connectivity index (χ1n) is 7.12. The monoisotopic (exact) mass is 309 g/mol. The van der Waals surface area contributed by atoms with E-state index in [0.717, 1.165) is 11.1 Å². The maximum Gasteiger partial charge on any atom is 0.135 e. The summed E-state index contributed by atoms with van der Waals surface area (Å²) in [6.45, 7) is 0. The molecule has 22 heavy (non-hydrogen) atoms. The Kier molecular flexibility index (Phi) is 4.23. The van der Waals surface area contributed by atoms with E-state index in [1.54, 1.807) is 6.20 Å². The third kappa shape index (κ3) is 3.03. The molecular formula is C19H16ClNO. The van der Waals surface area contributed by atoms with E-state index in [1.165, 1.54) is 0 Å². The zero-order valence-electron chi connectivity index (χ0n) is 12.0. The Hall–Kier alpha value is -2.16. The van der Waals surface area contributed by atoms with Crippen LogP contribution in [-0.4, -0.2) is 10.1 Å². The van der Waals surface area contributed by atoms with Gasteiger partial charge in [0, 0.05) is 17.6 Å². The number of aromatic nitrogens is 1. The Morgan fingerprint density at radius 2 is 1.55 bits per heavy atom. The first-order valence-corrected chi connectivity index (χ1v) is 7.50. The Morgan fingerprint density at radius 3 is 2.18 bits per heavy atom. The number of halogens is 1. The van der Waals surface area contributed by atoms with Crippen LogP contribution in [0.4, 0.5) is 0 Å². The SMILES string of the molecule is O[C@@](Cc1ccc(Cl)cc1)(c1ccccc1)c1ccccn1. The zero-order chi connectivity index (χ0) is 15.4. The van der Waals surface area contributed by atoms with Crippen molar-refractivity contribution in [2.45, 2.75) is 12.0 Å². The van der Waals surface area contributed by atoms with Crippen LogP contribution < -0.4 is 0 Å². The first-order chi connectivity index (χ1) is 10.7. The molecular weight excluding hydrogens is 294 g/mol. The van der Waals surface area contributed by atoms with Crippen LogP contribution in [-0.2, 0) is 12.0 Å². The summed E-state index contributed by atoms with van der Waals surface area (Å²) in [4.78, 5) is 4.36. The summed E-state index contributed by atoms with van der Waals surface area (Å²) in [7, 11) is 0. The van der Waals surface area contributed by atoms with Crippen LogP contribution in [0.15, 0.2) is 79.0 Å². The minimum Gasteiger partial charge on any atom is -0.378 e. The summed E-state index contributed by atoms with van der Waals surface area (Å²) in [6, 6.07) is 22.7. The van der Waals surface area contributed by atoms with Crippen LogP contribution in [0.1, 0.15) is 16.8 Å². The van der Waals surface area contributed by atoms with Crippen LogP contribution in [0.25, 0.3) is 0 Å². The fourth-order valence-electron chi connectivity index (χ4n) is 2.56. The van der Waals surface area contributed by atoms with Gasteiger partial charge in [-0.3, -0.25) is 4.98 Å². The van der Waals surface area contributed by atoms with Gasteiger partial charge in [-0.2, -0.15) is 0 Å². The predicted octanol–water partition coefficient (Wildman–Crippen LogP) is 4.21. The molecule has 1 atom stereocenters. The van der Waals surface area contributed by atoms with Crippen molar-refractivity contribution in [2.24, 2.45) is 0 Å². The smallest absolute Gasteiger partial charge is 0.135 e. The number of rotatable bonds is 4. The van der Waals surface area contributed by atoms with E-state index in [4.69, 9.17) is 11.6 Å². The molecule has 0 aliphatic rings. The van der Waals surface area contributed by atoms with Crippen molar-refractivity contribution in [3.8, 4) is 0 Å². The normalized spacial score (nSPS) is 13.5. The average molecular weight is 310 g/mol. The number of benzene rings is 2. The van der Waals surface area contributed by atoms with Crippen molar-refractivity contribution in [1.29, 1.82) is 0 Å². The van der Waals surface area contributed by atoms with Crippen molar-refractivity contribution in [1.82, 2.24) is 4.98 Å². The van der Waals surface area contributed by atoms with E-state index in [-0.39, 0.29) is 0 Å². The standard InChI is InChI=1S/C19H16ClNO/c20-17-11-9-15(10-12-17)14-19(22,16-6-2-1-3-7-16)18-8-4-5-13-21-18/h1-13,22H,14H2/t19-/m0/s1. The molecule has 0 saturated heterocycles. The third-order valence-corrected chi connectivity index (χ3v) is 3.97. The summed E-state index contributed by atoms with van der Waals surface area (Å²) < 4.78 is 0. The average Bonchev–Trinajstić information content (AvgIpc) is 2.58. The largest absolute Gasteiger partial charge is 0.378 e. The van der Waals surface area contributed by atoms with Crippen molar-refractivity contribution >= 4 is 11.6 Å². The highest BCUT2D eigenvalue weighted by molar-refractivity contribution is 6.30. The molecule has 0 fully saturated rings. The molecule has 0 bridgehead atoms. The van der Waals surface area contributed by atoms with Crippen LogP contribution in [0.5, 0.6) is 0 Å². The van der Waals surface area contributed by atoms with Gasteiger partial charge >= 0.3 is 0 Å². The van der Waals surface area contributed by atoms with Crippen LogP contribution in [0.3, 0.4) is 0 Å². The molecule has 2 aromatic carbocycles. The Balaban J connectivity index is 2.05. The molecule has 3 rings (SSSR count). The van der Waals surface area contributed by atoms with Gasteiger partial charge in [0.15, 0.2) is 0 Å². The van der Waals surface area contributed by atoms with Crippen molar-refractivity contribution in [2.75, 3.05) is 0 Å². The van der Waals surface area contributed by atoms with Crippen molar-refractivity contribution < 1.29 is 5.11 Å². The van der Waals surface area contributed by atoms with E-state index in [1.807, 2.05) is 72.8 Å². The van der Waals surface area contributed by atoms with Gasteiger partial charge in [-0.1, -0.05) is 60.1 Å². The van der Waals surface area contributed by atoms with Crippen molar-refractivity contribution in [3.05, 3.63) is 101 Å². The fourth-order valence-corrected chi connectivity index (χ4v) is 2.69. The van der Waals surface area contributed by atoms with Crippen LogP contribution in [0, 0.1) is 0 Å². The molecule has 0 unspecified atom stereocenters. The lowest BCUT2D eigenvalue weighted by Gasteiger charge is -2.28. The van der Waals surface area contributed by atoms with Gasteiger partial charge in [-0.05, 0) is 35.4 Å². The summed E-state index contributed by atoms with van der Waals surface area (Å²) in [5.74, 6) is 0. The molecule has 0 aliphatic heterocycles. The van der Waals surface area contributed by atoms with Gasteiger partial charge < -0.3 is 5.11 Å². The van der Waals surface area contributed by atoms with Crippen molar-refractivity contribution in [3.63, 3.8) is 0 Å². The highest BCUT2D eigenvalue weighted by atomic mass is 35.5. The summed E-state index contributed by atoms with van der Waals surface area (Å²) >= 11 is 5.94. The van der Waals surface area contributed by atoms with E-state index in [9.17, 15) is 5.11 Å². The molecule has 3 aromatic rings. The quantitative estimate of drug-likeness (QED) is 0.783. The highest BCUT2D eigenvalue weighted by Crippen LogP contribution is 2.32. The highest BCUT2D eigenvalue weighted by Gasteiger charge is 2.33. The molecule has 1 N–H and O–H groups in total. The predicted molar refractivity (Wildman–Crippen MR) is 88.8 cm³/mol.